The first-order valence-electron chi connectivity index (χ1n) is 11.9. The Balaban J connectivity index is 1.61. The van der Waals surface area contributed by atoms with Crippen LogP contribution < -0.4 is 16.2 Å². The molecule has 5 rings (SSSR count). The summed E-state index contributed by atoms with van der Waals surface area (Å²) in [6, 6.07) is 34.6. The molecule has 1 atom stereocenters. The van der Waals surface area contributed by atoms with E-state index < -0.39 is 11.9 Å². The predicted octanol–water partition coefficient (Wildman–Crippen LogP) is 5.36. The van der Waals surface area contributed by atoms with Gasteiger partial charge >= 0.3 is 0 Å². The summed E-state index contributed by atoms with van der Waals surface area (Å²) in [5.41, 5.74) is 2.68. The average molecular weight is 505 g/mol. The Morgan fingerprint density at radius 2 is 1.41 bits per heavy atom. The quantitative estimate of drug-likeness (QED) is 0.305. The van der Waals surface area contributed by atoms with Gasteiger partial charge in [-0.2, -0.15) is 0 Å². The van der Waals surface area contributed by atoms with E-state index in [-0.39, 0.29) is 17.1 Å². The van der Waals surface area contributed by atoms with Gasteiger partial charge in [-0.15, -0.1) is 0 Å². The first-order chi connectivity index (χ1) is 18.1. The molecule has 0 spiro atoms. The fourth-order valence-electron chi connectivity index (χ4n) is 4.24. The van der Waals surface area contributed by atoms with E-state index in [1.807, 2.05) is 97.1 Å². The summed E-state index contributed by atoms with van der Waals surface area (Å²) < 4.78 is 1.49. The number of nitrogens with zero attached hydrogens (tertiary/aromatic N) is 2. The third-order valence-electron chi connectivity index (χ3n) is 5.99. The minimum atomic E-state index is -0.905. The van der Waals surface area contributed by atoms with Crippen molar-refractivity contribution in [2.75, 3.05) is 5.32 Å². The van der Waals surface area contributed by atoms with Gasteiger partial charge in [-0.05, 0) is 42.0 Å². The number of hydrogen-bond acceptors (Lipinski definition) is 4. The van der Waals surface area contributed by atoms with Gasteiger partial charge in [-0.25, -0.2) is 4.98 Å². The molecule has 4 aromatic carbocycles. The predicted molar refractivity (Wildman–Crippen MR) is 151 cm³/mol. The topological polar surface area (TPSA) is 76.0 Å². The average Bonchev–Trinajstić information content (AvgIpc) is 2.93. The first-order valence-corrected chi connectivity index (χ1v) is 12.3. The Morgan fingerprint density at radius 3 is 2.11 bits per heavy atom. The molecule has 5 aromatic rings. The lowest BCUT2D eigenvalue weighted by atomic mass is 10.0. The lowest BCUT2D eigenvalue weighted by Crippen LogP contribution is -2.43. The zero-order chi connectivity index (χ0) is 25.6. The molecular formula is C30H24N4O2S. The highest BCUT2D eigenvalue weighted by Gasteiger charge is 2.27. The second-order valence-electron chi connectivity index (χ2n) is 8.51. The Morgan fingerprint density at radius 1 is 0.811 bits per heavy atom. The normalized spacial score (nSPS) is 11.6. The number of aromatic nitrogens is 2. The minimum absolute atomic E-state index is 0.150. The fourth-order valence-corrected chi connectivity index (χ4v) is 4.46. The number of carbonyl (C=O) groups excluding carboxylic acids is 1. The molecule has 0 radical (unpaired) electrons. The number of hydrogen-bond donors (Lipinski definition) is 2. The molecule has 0 bridgehead atoms. The smallest absolute Gasteiger partial charge is 0.262 e. The van der Waals surface area contributed by atoms with E-state index >= 15 is 0 Å². The van der Waals surface area contributed by atoms with Gasteiger partial charge in [0.1, 0.15) is 11.9 Å². The molecule has 1 unspecified atom stereocenters. The lowest BCUT2D eigenvalue weighted by Gasteiger charge is -2.23. The summed E-state index contributed by atoms with van der Waals surface area (Å²) >= 11 is 5.44. The molecule has 1 aromatic heterocycles. The molecule has 6 nitrogen and oxygen atoms in total. The van der Waals surface area contributed by atoms with Crippen molar-refractivity contribution in [3.8, 4) is 11.4 Å². The molecule has 0 saturated heterocycles. The van der Waals surface area contributed by atoms with Crippen LogP contribution in [-0.4, -0.2) is 20.6 Å². The molecule has 0 aliphatic heterocycles. The van der Waals surface area contributed by atoms with Crippen LogP contribution in [0.4, 0.5) is 5.69 Å². The first kappa shape index (κ1) is 24.1. The number of thiocarbonyl (C=S) groups is 1. The summed E-state index contributed by atoms with van der Waals surface area (Å²) in [5, 5.41) is 6.42. The van der Waals surface area contributed by atoms with Crippen molar-refractivity contribution in [3.05, 3.63) is 131 Å². The Kier molecular flexibility index (Phi) is 7.14. The van der Waals surface area contributed by atoms with Crippen LogP contribution in [0.1, 0.15) is 11.6 Å². The van der Waals surface area contributed by atoms with Crippen LogP contribution in [0.5, 0.6) is 0 Å². The number of fused-ring (bicyclic) bond motifs is 1. The van der Waals surface area contributed by atoms with E-state index in [4.69, 9.17) is 17.2 Å². The van der Waals surface area contributed by atoms with Gasteiger partial charge in [0.15, 0.2) is 5.11 Å². The maximum Gasteiger partial charge on any atom is 0.262 e. The highest BCUT2D eigenvalue weighted by molar-refractivity contribution is 7.80. The number of rotatable bonds is 6. The second kappa shape index (κ2) is 11.0. The van der Waals surface area contributed by atoms with E-state index in [1.54, 1.807) is 18.2 Å². The van der Waals surface area contributed by atoms with Gasteiger partial charge in [-0.1, -0.05) is 91.0 Å². The number of para-hydroxylation sites is 2. The minimum Gasteiger partial charge on any atom is -0.332 e. The standard InChI is InChI=1S/C30H24N4O2S/c35-28(33-30(37)31-23-16-8-3-9-17-23)26(20-21-12-4-1-5-13-21)34-27(22-14-6-2-7-15-22)32-25-19-11-10-18-24(25)29(34)36/h1-19,26H,20H2,(H2,31,33,35,37). The molecule has 0 saturated carbocycles. The second-order valence-corrected chi connectivity index (χ2v) is 8.92. The van der Waals surface area contributed by atoms with Crippen LogP contribution in [-0.2, 0) is 11.2 Å². The van der Waals surface area contributed by atoms with Gasteiger partial charge in [0, 0.05) is 17.7 Å². The van der Waals surface area contributed by atoms with Crippen molar-refractivity contribution < 1.29 is 4.79 Å². The number of benzene rings is 4. The molecule has 7 heteroatoms. The molecule has 37 heavy (non-hydrogen) atoms. The SMILES string of the molecule is O=C(NC(=S)Nc1ccccc1)C(Cc1ccccc1)n1c(-c2ccccc2)nc2ccccc2c1=O. The van der Waals surface area contributed by atoms with Crippen LogP contribution in [0, 0.1) is 0 Å². The third kappa shape index (κ3) is 5.47. The van der Waals surface area contributed by atoms with Crippen LogP contribution in [0.2, 0.25) is 0 Å². The third-order valence-corrected chi connectivity index (χ3v) is 6.20. The van der Waals surface area contributed by atoms with Crippen molar-refractivity contribution >= 4 is 39.8 Å². The maximum atomic E-state index is 13.9. The van der Waals surface area contributed by atoms with E-state index in [9.17, 15) is 9.59 Å². The summed E-state index contributed by atoms with van der Waals surface area (Å²) in [4.78, 5) is 32.6. The van der Waals surface area contributed by atoms with Gasteiger partial charge in [0.25, 0.3) is 5.56 Å². The van der Waals surface area contributed by atoms with Crippen LogP contribution >= 0.6 is 12.2 Å². The Bertz CT molecular complexity index is 1600. The zero-order valence-electron chi connectivity index (χ0n) is 19.9. The number of anilines is 1. The monoisotopic (exact) mass is 504 g/mol. The molecule has 0 aliphatic rings. The molecule has 182 valence electrons. The van der Waals surface area contributed by atoms with Gasteiger partial charge in [0.2, 0.25) is 5.91 Å². The summed E-state index contributed by atoms with van der Waals surface area (Å²) in [6.45, 7) is 0. The van der Waals surface area contributed by atoms with E-state index in [1.165, 1.54) is 4.57 Å². The van der Waals surface area contributed by atoms with Crippen molar-refractivity contribution in [2.45, 2.75) is 12.5 Å². The number of amides is 1. The van der Waals surface area contributed by atoms with Crippen LogP contribution in [0.25, 0.3) is 22.3 Å². The van der Waals surface area contributed by atoms with Gasteiger partial charge < -0.3 is 10.6 Å². The fraction of sp³-hybridized carbons (Fsp3) is 0.0667. The molecule has 2 N–H and O–H groups in total. The number of carbonyl (C=O) groups is 1. The van der Waals surface area contributed by atoms with E-state index in [2.05, 4.69) is 10.6 Å². The molecule has 0 fully saturated rings. The Hall–Kier alpha value is -4.62. The van der Waals surface area contributed by atoms with E-state index in [0.29, 0.717) is 16.7 Å². The highest BCUT2D eigenvalue weighted by Crippen LogP contribution is 2.24. The summed E-state index contributed by atoms with van der Waals surface area (Å²) in [7, 11) is 0. The van der Waals surface area contributed by atoms with Crippen LogP contribution in [0.3, 0.4) is 0 Å². The maximum absolute atomic E-state index is 13.9. The van der Waals surface area contributed by atoms with E-state index in [0.717, 1.165) is 16.8 Å². The lowest BCUT2D eigenvalue weighted by molar-refractivity contribution is -0.122. The van der Waals surface area contributed by atoms with Gasteiger partial charge in [-0.3, -0.25) is 14.2 Å². The largest absolute Gasteiger partial charge is 0.332 e. The number of nitrogens with one attached hydrogen (secondary N) is 2. The Labute approximate surface area is 219 Å². The van der Waals surface area contributed by atoms with Crippen LogP contribution in [0.15, 0.2) is 120 Å². The highest BCUT2D eigenvalue weighted by atomic mass is 32.1. The van der Waals surface area contributed by atoms with Gasteiger partial charge in [0.05, 0.1) is 10.9 Å². The van der Waals surface area contributed by atoms with Crippen molar-refractivity contribution in [1.82, 2.24) is 14.9 Å². The summed E-state index contributed by atoms with van der Waals surface area (Å²) in [5.74, 6) is 0.0102. The zero-order valence-corrected chi connectivity index (χ0v) is 20.7. The van der Waals surface area contributed by atoms with Crippen molar-refractivity contribution in [3.63, 3.8) is 0 Å². The molecular weight excluding hydrogens is 480 g/mol. The summed E-state index contributed by atoms with van der Waals surface area (Å²) in [6.07, 6.45) is 0.278. The molecule has 0 aliphatic carbocycles. The molecule has 1 amide bonds. The molecule has 1 heterocycles. The van der Waals surface area contributed by atoms with Crippen molar-refractivity contribution in [2.24, 2.45) is 0 Å². The van der Waals surface area contributed by atoms with Crippen molar-refractivity contribution in [1.29, 1.82) is 0 Å².